The summed E-state index contributed by atoms with van der Waals surface area (Å²) in [4.78, 5) is 0. The van der Waals surface area contributed by atoms with Crippen LogP contribution in [-0.2, 0) is 6.42 Å². The quantitative estimate of drug-likeness (QED) is 0.770. The molecule has 1 unspecified atom stereocenters. The topological polar surface area (TPSA) is 12.0 Å². The minimum absolute atomic E-state index is 0.623. The summed E-state index contributed by atoms with van der Waals surface area (Å²) in [6.07, 6.45) is 5.09. The van der Waals surface area contributed by atoms with Gasteiger partial charge in [-0.3, -0.25) is 0 Å². The predicted molar refractivity (Wildman–Crippen MR) is 60.4 cm³/mol. The van der Waals surface area contributed by atoms with Crippen molar-refractivity contribution >= 4 is 0 Å². The van der Waals surface area contributed by atoms with E-state index in [9.17, 15) is 0 Å². The maximum atomic E-state index is 3.57. The molecular formula is C13H19N. The molecule has 1 heterocycles. The van der Waals surface area contributed by atoms with Crippen LogP contribution in [0, 0.1) is 0 Å². The van der Waals surface area contributed by atoms with E-state index in [4.69, 9.17) is 0 Å². The van der Waals surface area contributed by atoms with Crippen molar-refractivity contribution < 1.29 is 0 Å². The predicted octanol–water partition coefficient (Wildman–Crippen LogP) is 3.06. The van der Waals surface area contributed by atoms with Crippen molar-refractivity contribution in [2.75, 3.05) is 6.54 Å². The molecule has 0 amide bonds. The Morgan fingerprint density at radius 1 is 1.36 bits per heavy atom. The molecule has 1 aromatic rings. The van der Waals surface area contributed by atoms with Gasteiger partial charge in [-0.2, -0.15) is 0 Å². The Kier molecular flexibility index (Phi) is 3.20. The summed E-state index contributed by atoms with van der Waals surface area (Å²) in [6.45, 7) is 3.43. The molecule has 0 radical (unpaired) electrons. The van der Waals surface area contributed by atoms with Crippen molar-refractivity contribution in [3.8, 4) is 0 Å². The van der Waals surface area contributed by atoms with Gasteiger partial charge in [-0.25, -0.2) is 0 Å². The molecule has 1 fully saturated rings. The lowest BCUT2D eigenvalue weighted by Crippen LogP contribution is -2.14. The Bertz CT molecular complexity index is 287. The molecule has 0 aliphatic carbocycles. The third-order valence-corrected chi connectivity index (χ3v) is 3.01. The van der Waals surface area contributed by atoms with E-state index in [0.717, 1.165) is 0 Å². The molecule has 1 nitrogen and oxygen atoms in total. The molecule has 1 N–H and O–H groups in total. The molecule has 2 rings (SSSR count). The van der Waals surface area contributed by atoms with Gasteiger partial charge in [-0.15, -0.1) is 0 Å². The average Bonchev–Trinajstić information content (AvgIpc) is 2.72. The van der Waals surface area contributed by atoms with Crippen LogP contribution in [0.5, 0.6) is 0 Å². The lowest BCUT2D eigenvalue weighted by atomic mass is 9.96. The van der Waals surface area contributed by atoms with Crippen LogP contribution in [0.2, 0.25) is 0 Å². The van der Waals surface area contributed by atoms with Crippen molar-refractivity contribution in [2.45, 2.75) is 38.6 Å². The van der Waals surface area contributed by atoms with E-state index in [1.807, 2.05) is 0 Å². The lowest BCUT2D eigenvalue weighted by molar-refractivity contribution is 0.638. The molecule has 1 atom stereocenters. The maximum absolute atomic E-state index is 3.57. The molecular weight excluding hydrogens is 170 g/mol. The minimum atomic E-state index is 0.623. The Morgan fingerprint density at radius 2 is 2.21 bits per heavy atom. The smallest absolute Gasteiger partial charge is 0.0323 e. The van der Waals surface area contributed by atoms with E-state index in [1.54, 1.807) is 0 Å². The molecule has 1 aliphatic heterocycles. The first-order chi connectivity index (χ1) is 6.92. The molecule has 0 aromatic heterocycles. The van der Waals surface area contributed by atoms with Gasteiger partial charge < -0.3 is 5.32 Å². The Hall–Kier alpha value is -0.820. The highest BCUT2D eigenvalue weighted by Gasteiger charge is 2.17. The molecule has 0 bridgehead atoms. The second-order valence-electron chi connectivity index (χ2n) is 4.10. The van der Waals surface area contributed by atoms with E-state index in [2.05, 4.69) is 36.5 Å². The van der Waals surface area contributed by atoms with Gasteiger partial charge in [-0.05, 0) is 36.9 Å². The number of aryl methyl sites for hydroxylation is 1. The fourth-order valence-electron chi connectivity index (χ4n) is 2.32. The molecule has 1 aromatic carbocycles. The van der Waals surface area contributed by atoms with Crippen LogP contribution < -0.4 is 5.32 Å². The van der Waals surface area contributed by atoms with Gasteiger partial charge in [-0.1, -0.05) is 37.6 Å². The van der Waals surface area contributed by atoms with Crippen LogP contribution in [-0.4, -0.2) is 6.54 Å². The number of nitrogens with one attached hydrogen (secondary N) is 1. The molecule has 1 aliphatic rings. The normalized spacial score (nSPS) is 21.4. The number of hydrogen-bond acceptors (Lipinski definition) is 1. The molecule has 76 valence electrons. The third-order valence-electron chi connectivity index (χ3n) is 3.01. The zero-order chi connectivity index (χ0) is 9.80. The highest BCUT2D eigenvalue weighted by molar-refractivity contribution is 5.30. The van der Waals surface area contributed by atoms with Gasteiger partial charge in [0.25, 0.3) is 0 Å². The minimum Gasteiger partial charge on any atom is -0.310 e. The first kappa shape index (κ1) is 9.72. The monoisotopic (exact) mass is 189 g/mol. The summed E-state index contributed by atoms with van der Waals surface area (Å²) in [5.74, 6) is 0. The van der Waals surface area contributed by atoms with Gasteiger partial charge >= 0.3 is 0 Å². The largest absolute Gasteiger partial charge is 0.310 e. The summed E-state index contributed by atoms with van der Waals surface area (Å²) in [6, 6.07) is 9.50. The number of rotatable bonds is 3. The lowest BCUT2D eigenvalue weighted by Gasteiger charge is -2.15. The fourth-order valence-corrected chi connectivity index (χ4v) is 2.32. The number of hydrogen-bond donors (Lipinski definition) is 1. The van der Waals surface area contributed by atoms with Crippen molar-refractivity contribution in [3.63, 3.8) is 0 Å². The van der Waals surface area contributed by atoms with Crippen molar-refractivity contribution in [1.82, 2.24) is 5.32 Å². The van der Waals surface area contributed by atoms with Gasteiger partial charge in [0, 0.05) is 6.04 Å². The van der Waals surface area contributed by atoms with Crippen LogP contribution in [0.15, 0.2) is 24.3 Å². The van der Waals surface area contributed by atoms with Crippen molar-refractivity contribution in [3.05, 3.63) is 35.4 Å². The SMILES string of the molecule is CCCc1ccccc1C1CCCN1. The van der Waals surface area contributed by atoms with Crippen LogP contribution >= 0.6 is 0 Å². The summed E-state index contributed by atoms with van der Waals surface area (Å²) in [5.41, 5.74) is 3.07. The van der Waals surface area contributed by atoms with Gasteiger partial charge in [0.1, 0.15) is 0 Å². The first-order valence-corrected chi connectivity index (χ1v) is 5.73. The van der Waals surface area contributed by atoms with E-state index in [0.29, 0.717) is 6.04 Å². The van der Waals surface area contributed by atoms with Crippen molar-refractivity contribution in [1.29, 1.82) is 0 Å². The highest BCUT2D eigenvalue weighted by atomic mass is 14.9. The second-order valence-corrected chi connectivity index (χ2v) is 4.10. The van der Waals surface area contributed by atoms with Crippen LogP contribution in [0.3, 0.4) is 0 Å². The molecule has 0 saturated carbocycles. The van der Waals surface area contributed by atoms with Crippen LogP contribution in [0.25, 0.3) is 0 Å². The number of benzene rings is 1. The van der Waals surface area contributed by atoms with Crippen LogP contribution in [0.1, 0.15) is 43.4 Å². The van der Waals surface area contributed by atoms with Gasteiger partial charge in [0.15, 0.2) is 0 Å². The molecule has 1 heteroatoms. The molecule has 14 heavy (non-hydrogen) atoms. The zero-order valence-electron chi connectivity index (χ0n) is 8.92. The van der Waals surface area contributed by atoms with Crippen LogP contribution in [0.4, 0.5) is 0 Å². The summed E-state index contributed by atoms with van der Waals surface area (Å²) in [7, 11) is 0. The first-order valence-electron chi connectivity index (χ1n) is 5.73. The van der Waals surface area contributed by atoms with E-state index >= 15 is 0 Å². The van der Waals surface area contributed by atoms with E-state index in [-0.39, 0.29) is 0 Å². The summed E-state index contributed by atoms with van der Waals surface area (Å²) >= 11 is 0. The third kappa shape index (κ3) is 1.98. The van der Waals surface area contributed by atoms with Crippen molar-refractivity contribution in [2.24, 2.45) is 0 Å². The summed E-state index contributed by atoms with van der Waals surface area (Å²) in [5, 5.41) is 3.57. The van der Waals surface area contributed by atoms with E-state index < -0.39 is 0 Å². The molecule has 0 spiro atoms. The zero-order valence-corrected chi connectivity index (χ0v) is 8.92. The Labute approximate surface area is 86.5 Å². The Balaban J connectivity index is 2.21. The Morgan fingerprint density at radius 3 is 2.93 bits per heavy atom. The summed E-state index contributed by atoms with van der Waals surface area (Å²) < 4.78 is 0. The fraction of sp³-hybridized carbons (Fsp3) is 0.538. The van der Waals surface area contributed by atoms with Gasteiger partial charge in [0.2, 0.25) is 0 Å². The molecule has 1 saturated heterocycles. The second kappa shape index (κ2) is 4.61. The average molecular weight is 189 g/mol. The van der Waals surface area contributed by atoms with E-state index in [1.165, 1.54) is 43.4 Å². The maximum Gasteiger partial charge on any atom is 0.0323 e. The standard InChI is InChI=1S/C13H19N/c1-2-6-11-7-3-4-8-12(11)13-9-5-10-14-13/h3-4,7-8,13-14H,2,5-6,9-10H2,1H3. The highest BCUT2D eigenvalue weighted by Crippen LogP contribution is 2.26. The van der Waals surface area contributed by atoms with Gasteiger partial charge in [0.05, 0.1) is 0 Å².